The summed E-state index contributed by atoms with van der Waals surface area (Å²) in [7, 11) is 0. The van der Waals surface area contributed by atoms with Crippen LogP contribution in [0.15, 0.2) is 17.5 Å². The topological polar surface area (TPSA) is 55.0 Å². The minimum atomic E-state index is -0.0898. The summed E-state index contributed by atoms with van der Waals surface area (Å²) in [5.74, 6) is 2.30. The maximum Gasteiger partial charge on any atom is 0.138 e. The van der Waals surface area contributed by atoms with Crippen LogP contribution in [0.4, 0.5) is 11.6 Å². The van der Waals surface area contributed by atoms with Crippen molar-refractivity contribution in [1.29, 1.82) is 0 Å². The van der Waals surface area contributed by atoms with Crippen LogP contribution in [0.2, 0.25) is 0 Å². The van der Waals surface area contributed by atoms with E-state index in [0.717, 1.165) is 31.2 Å². The van der Waals surface area contributed by atoms with E-state index >= 15 is 0 Å². The third-order valence-corrected chi connectivity index (χ3v) is 4.56. The first-order valence-electron chi connectivity index (χ1n) is 6.89. The highest BCUT2D eigenvalue weighted by Gasteiger charge is 2.23. The van der Waals surface area contributed by atoms with E-state index in [4.69, 9.17) is 10.7 Å². The molecule has 5 heteroatoms. The average Bonchev–Trinajstić information content (AvgIpc) is 2.84. The Balaban J connectivity index is 1.93. The standard InChI is InChI=1S/C15H20N4S/c1-15(2,3)14-17-12(16)8-13(18-14)19-6-4-11-10(9-19)5-7-20-11/h5,7-8H,4,6,9H2,1-3H3,(H2,16,17,18). The van der Waals surface area contributed by atoms with Gasteiger partial charge in [0.25, 0.3) is 0 Å². The lowest BCUT2D eigenvalue weighted by molar-refractivity contribution is 0.544. The molecular formula is C15H20N4S. The van der Waals surface area contributed by atoms with Crippen molar-refractivity contribution in [2.75, 3.05) is 17.2 Å². The lowest BCUT2D eigenvalue weighted by atomic mass is 9.95. The van der Waals surface area contributed by atoms with Crippen molar-refractivity contribution in [3.63, 3.8) is 0 Å². The number of nitrogens with two attached hydrogens (primary N) is 1. The summed E-state index contributed by atoms with van der Waals surface area (Å²) in [6.45, 7) is 8.24. The van der Waals surface area contributed by atoms with Gasteiger partial charge in [-0.05, 0) is 23.4 Å². The average molecular weight is 288 g/mol. The number of hydrogen-bond acceptors (Lipinski definition) is 5. The molecule has 2 N–H and O–H groups in total. The molecule has 0 atom stereocenters. The zero-order valence-electron chi connectivity index (χ0n) is 12.2. The summed E-state index contributed by atoms with van der Waals surface area (Å²) in [6, 6.07) is 4.09. The summed E-state index contributed by atoms with van der Waals surface area (Å²) >= 11 is 1.85. The summed E-state index contributed by atoms with van der Waals surface area (Å²) in [6.07, 6.45) is 1.09. The molecule has 3 rings (SSSR count). The largest absolute Gasteiger partial charge is 0.384 e. The molecule has 0 bridgehead atoms. The van der Waals surface area contributed by atoms with E-state index < -0.39 is 0 Å². The Morgan fingerprint density at radius 1 is 1.30 bits per heavy atom. The van der Waals surface area contributed by atoms with Gasteiger partial charge >= 0.3 is 0 Å². The molecule has 1 aliphatic heterocycles. The number of nitrogen functional groups attached to an aromatic ring is 1. The molecule has 0 radical (unpaired) electrons. The molecule has 2 aromatic rings. The second-order valence-corrected chi connectivity index (χ2v) is 7.27. The highest BCUT2D eigenvalue weighted by Crippen LogP contribution is 2.29. The minimum Gasteiger partial charge on any atom is -0.384 e. The maximum atomic E-state index is 5.96. The van der Waals surface area contributed by atoms with E-state index in [9.17, 15) is 0 Å². The Hall–Kier alpha value is -1.62. The molecule has 3 heterocycles. The summed E-state index contributed by atoms with van der Waals surface area (Å²) < 4.78 is 0. The molecule has 0 saturated heterocycles. The van der Waals surface area contributed by atoms with E-state index in [0.29, 0.717) is 5.82 Å². The number of thiophene rings is 1. The predicted molar refractivity (Wildman–Crippen MR) is 84.2 cm³/mol. The zero-order valence-corrected chi connectivity index (χ0v) is 13.0. The molecule has 0 aliphatic carbocycles. The molecule has 2 aromatic heterocycles. The number of fused-ring (bicyclic) bond motifs is 1. The van der Waals surface area contributed by atoms with Crippen LogP contribution in [-0.4, -0.2) is 16.5 Å². The van der Waals surface area contributed by atoms with Gasteiger partial charge in [0.05, 0.1) is 0 Å². The van der Waals surface area contributed by atoms with Crippen molar-refractivity contribution in [3.05, 3.63) is 33.8 Å². The fourth-order valence-corrected chi connectivity index (χ4v) is 3.28. The molecule has 4 nitrogen and oxygen atoms in total. The molecule has 0 unspecified atom stereocenters. The fraction of sp³-hybridized carbons (Fsp3) is 0.467. The minimum absolute atomic E-state index is 0.0898. The SMILES string of the molecule is CC(C)(C)c1nc(N)cc(N2CCc3sccc3C2)n1. The van der Waals surface area contributed by atoms with Crippen LogP contribution in [0.25, 0.3) is 0 Å². The quantitative estimate of drug-likeness (QED) is 0.876. The van der Waals surface area contributed by atoms with Crippen molar-refractivity contribution in [3.8, 4) is 0 Å². The van der Waals surface area contributed by atoms with Gasteiger partial charge in [-0.1, -0.05) is 20.8 Å². The zero-order chi connectivity index (χ0) is 14.3. The number of nitrogens with zero attached hydrogens (tertiary/aromatic N) is 3. The van der Waals surface area contributed by atoms with Crippen molar-refractivity contribution < 1.29 is 0 Å². The number of aromatic nitrogens is 2. The van der Waals surface area contributed by atoms with E-state index in [1.165, 1.54) is 10.4 Å². The van der Waals surface area contributed by atoms with E-state index in [1.807, 2.05) is 17.4 Å². The van der Waals surface area contributed by atoms with Crippen LogP contribution in [-0.2, 0) is 18.4 Å². The van der Waals surface area contributed by atoms with Crippen LogP contribution in [0, 0.1) is 0 Å². The van der Waals surface area contributed by atoms with Gasteiger partial charge in [-0.2, -0.15) is 0 Å². The Bertz CT molecular complexity index is 627. The Kier molecular flexibility index (Phi) is 3.17. The Labute approximate surface area is 123 Å². The van der Waals surface area contributed by atoms with Crippen LogP contribution >= 0.6 is 11.3 Å². The molecule has 0 spiro atoms. The van der Waals surface area contributed by atoms with E-state index in [2.05, 4.69) is 42.1 Å². The van der Waals surface area contributed by atoms with Crippen molar-refractivity contribution in [2.45, 2.75) is 39.2 Å². The number of hydrogen-bond donors (Lipinski definition) is 1. The monoisotopic (exact) mass is 288 g/mol. The molecular weight excluding hydrogens is 268 g/mol. The predicted octanol–water partition coefficient (Wildman–Crippen LogP) is 2.98. The fourth-order valence-electron chi connectivity index (χ4n) is 2.39. The van der Waals surface area contributed by atoms with Gasteiger partial charge in [-0.3, -0.25) is 0 Å². The second-order valence-electron chi connectivity index (χ2n) is 6.27. The first-order chi connectivity index (χ1) is 9.43. The normalized spacial score (nSPS) is 15.2. The van der Waals surface area contributed by atoms with Crippen molar-refractivity contribution in [1.82, 2.24) is 9.97 Å². The summed E-state index contributed by atoms with van der Waals surface area (Å²) in [4.78, 5) is 12.9. The van der Waals surface area contributed by atoms with Gasteiger partial charge in [0.1, 0.15) is 17.5 Å². The third kappa shape index (κ3) is 2.50. The van der Waals surface area contributed by atoms with Crippen molar-refractivity contribution in [2.24, 2.45) is 0 Å². The van der Waals surface area contributed by atoms with Crippen LogP contribution in [0.3, 0.4) is 0 Å². The second kappa shape index (κ2) is 4.74. The number of anilines is 2. The van der Waals surface area contributed by atoms with E-state index in [-0.39, 0.29) is 5.41 Å². The summed E-state index contributed by atoms with van der Waals surface area (Å²) in [5.41, 5.74) is 7.28. The first kappa shape index (κ1) is 13.4. The first-order valence-corrected chi connectivity index (χ1v) is 7.77. The lowest BCUT2D eigenvalue weighted by Crippen LogP contribution is -2.31. The highest BCUT2D eigenvalue weighted by molar-refractivity contribution is 7.10. The molecule has 0 fully saturated rings. The Morgan fingerprint density at radius 3 is 2.85 bits per heavy atom. The highest BCUT2D eigenvalue weighted by atomic mass is 32.1. The van der Waals surface area contributed by atoms with Crippen molar-refractivity contribution >= 4 is 23.0 Å². The van der Waals surface area contributed by atoms with Crippen LogP contribution < -0.4 is 10.6 Å². The molecule has 1 aliphatic rings. The van der Waals surface area contributed by atoms with Gasteiger partial charge in [-0.25, -0.2) is 9.97 Å². The molecule has 20 heavy (non-hydrogen) atoms. The Morgan fingerprint density at radius 2 is 2.10 bits per heavy atom. The van der Waals surface area contributed by atoms with Gasteiger partial charge in [-0.15, -0.1) is 11.3 Å². The molecule has 106 valence electrons. The summed E-state index contributed by atoms with van der Waals surface area (Å²) in [5, 5.41) is 2.17. The van der Waals surface area contributed by atoms with Gasteiger partial charge in [0, 0.05) is 29.4 Å². The van der Waals surface area contributed by atoms with Crippen LogP contribution in [0.1, 0.15) is 37.0 Å². The van der Waals surface area contributed by atoms with Gasteiger partial charge in [0.15, 0.2) is 0 Å². The van der Waals surface area contributed by atoms with Gasteiger partial charge in [0.2, 0.25) is 0 Å². The van der Waals surface area contributed by atoms with Crippen LogP contribution in [0.5, 0.6) is 0 Å². The van der Waals surface area contributed by atoms with Gasteiger partial charge < -0.3 is 10.6 Å². The molecule has 0 saturated carbocycles. The van der Waals surface area contributed by atoms with E-state index in [1.54, 1.807) is 0 Å². The maximum absolute atomic E-state index is 5.96. The third-order valence-electron chi connectivity index (χ3n) is 3.53. The number of rotatable bonds is 1. The smallest absolute Gasteiger partial charge is 0.138 e. The molecule has 0 amide bonds. The molecule has 0 aromatic carbocycles. The lowest BCUT2D eigenvalue weighted by Gasteiger charge is -2.29.